The van der Waals surface area contributed by atoms with Crippen LogP contribution in [0.1, 0.15) is 29.7 Å². The molecule has 168 valence electrons. The molecule has 0 aliphatic heterocycles. The summed E-state index contributed by atoms with van der Waals surface area (Å²) in [6.07, 6.45) is 0. The Morgan fingerprint density at radius 2 is 1.62 bits per heavy atom. The fourth-order valence-electron chi connectivity index (χ4n) is 3.00. The first-order chi connectivity index (χ1) is 15.1. The van der Waals surface area contributed by atoms with Crippen molar-refractivity contribution in [1.29, 1.82) is 0 Å². The molecule has 0 heterocycles. The molecule has 0 saturated heterocycles. The molecular formula is C24H25ClN2O4S. The Balaban J connectivity index is 1.56. The number of hydrogen-bond donors (Lipinski definition) is 2. The number of carbonyl (C=O) groups excluding carboxylic acids is 1. The first kappa shape index (κ1) is 23.6. The van der Waals surface area contributed by atoms with Crippen molar-refractivity contribution in [1.82, 2.24) is 5.32 Å². The minimum atomic E-state index is -3.73. The van der Waals surface area contributed by atoms with Crippen LogP contribution in [0.5, 0.6) is 5.75 Å². The van der Waals surface area contributed by atoms with Crippen molar-refractivity contribution < 1.29 is 17.9 Å². The lowest BCUT2D eigenvalue weighted by Crippen LogP contribution is -2.31. The van der Waals surface area contributed by atoms with Gasteiger partial charge in [0.15, 0.2) is 6.61 Å². The number of benzene rings is 3. The summed E-state index contributed by atoms with van der Waals surface area (Å²) < 4.78 is 33.3. The number of halogens is 1. The maximum Gasteiger partial charge on any atom is 0.261 e. The van der Waals surface area contributed by atoms with Crippen molar-refractivity contribution in [3.05, 3.63) is 88.4 Å². The minimum Gasteiger partial charge on any atom is -0.484 e. The van der Waals surface area contributed by atoms with Crippen molar-refractivity contribution in [2.24, 2.45) is 0 Å². The average Bonchev–Trinajstić information content (AvgIpc) is 2.75. The van der Waals surface area contributed by atoms with Gasteiger partial charge in [0.2, 0.25) is 0 Å². The highest BCUT2D eigenvalue weighted by atomic mass is 35.5. The van der Waals surface area contributed by atoms with Gasteiger partial charge >= 0.3 is 0 Å². The number of carbonyl (C=O) groups is 1. The molecule has 1 amide bonds. The van der Waals surface area contributed by atoms with E-state index in [2.05, 4.69) is 10.0 Å². The molecule has 2 N–H and O–H groups in total. The van der Waals surface area contributed by atoms with E-state index in [0.29, 0.717) is 16.5 Å². The molecule has 0 unspecified atom stereocenters. The summed E-state index contributed by atoms with van der Waals surface area (Å²) in [6.45, 7) is 5.56. The molecule has 6 nitrogen and oxygen atoms in total. The zero-order chi connectivity index (χ0) is 23.3. The second kappa shape index (κ2) is 10.1. The smallest absolute Gasteiger partial charge is 0.261 e. The lowest BCUT2D eigenvalue weighted by atomic mass is 10.1. The number of hydrogen-bond acceptors (Lipinski definition) is 4. The van der Waals surface area contributed by atoms with Crippen LogP contribution >= 0.6 is 11.6 Å². The van der Waals surface area contributed by atoms with Crippen molar-refractivity contribution in [3.63, 3.8) is 0 Å². The van der Waals surface area contributed by atoms with Crippen LogP contribution in [-0.2, 0) is 14.8 Å². The van der Waals surface area contributed by atoms with Gasteiger partial charge in [-0.1, -0.05) is 29.8 Å². The van der Waals surface area contributed by atoms with Crippen LogP contribution in [0.2, 0.25) is 5.02 Å². The van der Waals surface area contributed by atoms with Gasteiger partial charge in [0.1, 0.15) is 5.75 Å². The quantitative estimate of drug-likeness (QED) is 0.482. The Hall–Kier alpha value is -3.03. The van der Waals surface area contributed by atoms with Crippen molar-refractivity contribution in [3.8, 4) is 5.75 Å². The number of sulfonamides is 1. The molecule has 0 aliphatic rings. The Bertz CT molecular complexity index is 1190. The predicted molar refractivity (Wildman–Crippen MR) is 127 cm³/mol. The van der Waals surface area contributed by atoms with Crippen molar-refractivity contribution >= 4 is 33.2 Å². The summed E-state index contributed by atoms with van der Waals surface area (Å²) >= 11 is 5.88. The lowest BCUT2D eigenvalue weighted by Gasteiger charge is -2.15. The number of rotatable bonds is 8. The van der Waals surface area contributed by atoms with Gasteiger partial charge in [-0.2, -0.15) is 0 Å². The summed E-state index contributed by atoms with van der Waals surface area (Å²) in [7, 11) is -3.73. The van der Waals surface area contributed by atoms with Gasteiger partial charge in [0, 0.05) is 10.7 Å². The maximum absolute atomic E-state index is 12.6. The third-order valence-electron chi connectivity index (χ3n) is 5.01. The first-order valence-corrected chi connectivity index (χ1v) is 11.9. The summed E-state index contributed by atoms with van der Waals surface area (Å²) in [6, 6.07) is 18.3. The van der Waals surface area contributed by atoms with Crippen LogP contribution < -0.4 is 14.8 Å². The van der Waals surface area contributed by atoms with Crippen LogP contribution in [0.25, 0.3) is 0 Å². The molecule has 8 heteroatoms. The van der Waals surface area contributed by atoms with Crippen LogP contribution in [0.3, 0.4) is 0 Å². The van der Waals surface area contributed by atoms with Crippen molar-refractivity contribution in [2.75, 3.05) is 11.3 Å². The van der Waals surface area contributed by atoms with Gasteiger partial charge in [-0.3, -0.25) is 9.52 Å². The Morgan fingerprint density at radius 1 is 0.969 bits per heavy atom. The second-order valence-corrected chi connectivity index (χ2v) is 9.62. The molecule has 3 aromatic rings. The third-order valence-corrected chi connectivity index (χ3v) is 6.66. The van der Waals surface area contributed by atoms with E-state index in [1.54, 1.807) is 24.3 Å². The van der Waals surface area contributed by atoms with E-state index in [-0.39, 0.29) is 23.5 Å². The Kier molecular flexibility index (Phi) is 7.43. The largest absolute Gasteiger partial charge is 0.484 e. The first-order valence-electron chi connectivity index (χ1n) is 10.0. The van der Waals surface area contributed by atoms with Gasteiger partial charge < -0.3 is 10.1 Å². The van der Waals surface area contributed by atoms with Gasteiger partial charge in [0.05, 0.1) is 10.9 Å². The lowest BCUT2D eigenvalue weighted by molar-refractivity contribution is -0.123. The van der Waals surface area contributed by atoms with Gasteiger partial charge in [0.25, 0.3) is 15.9 Å². The topological polar surface area (TPSA) is 84.5 Å². The molecule has 0 fully saturated rings. The van der Waals surface area contributed by atoms with E-state index in [4.69, 9.17) is 16.3 Å². The van der Waals surface area contributed by atoms with Crippen LogP contribution in [0, 0.1) is 13.8 Å². The zero-order valence-corrected chi connectivity index (χ0v) is 19.6. The fourth-order valence-corrected chi connectivity index (χ4v) is 4.18. The maximum atomic E-state index is 12.6. The highest BCUT2D eigenvalue weighted by Gasteiger charge is 2.15. The molecule has 3 rings (SSSR count). The van der Waals surface area contributed by atoms with E-state index < -0.39 is 10.0 Å². The van der Waals surface area contributed by atoms with E-state index >= 15 is 0 Å². The molecular weight excluding hydrogens is 448 g/mol. The third kappa shape index (κ3) is 6.24. The molecule has 1 atom stereocenters. The molecule has 3 aromatic carbocycles. The van der Waals surface area contributed by atoms with Crippen LogP contribution in [-0.4, -0.2) is 20.9 Å². The molecule has 0 radical (unpaired) electrons. The van der Waals surface area contributed by atoms with E-state index in [9.17, 15) is 13.2 Å². The average molecular weight is 473 g/mol. The molecule has 0 saturated carbocycles. The van der Waals surface area contributed by atoms with Gasteiger partial charge in [-0.25, -0.2) is 8.42 Å². The molecule has 0 aromatic heterocycles. The van der Waals surface area contributed by atoms with E-state index in [0.717, 1.165) is 16.7 Å². The van der Waals surface area contributed by atoms with Crippen LogP contribution in [0.4, 0.5) is 5.69 Å². The minimum absolute atomic E-state index is 0.101. The number of ether oxygens (including phenoxy) is 1. The standard InChI is InChI=1S/C24H25ClN2O4S/c1-16-4-9-21(14-17(16)2)27-32(29,30)23-12-10-22(11-13-23)31-15-24(28)26-18(3)19-5-7-20(25)8-6-19/h4-14,18,27H,15H2,1-3H3,(H,26,28)/t18-/m0/s1. The number of anilines is 1. The van der Waals surface area contributed by atoms with Crippen molar-refractivity contribution in [2.45, 2.75) is 31.7 Å². The monoisotopic (exact) mass is 472 g/mol. The highest BCUT2D eigenvalue weighted by Crippen LogP contribution is 2.21. The van der Waals surface area contributed by atoms with E-state index in [1.165, 1.54) is 24.3 Å². The summed E-state index contributed by atoms with van der Waals surface area (Å²) in [5, 5.41) is 3.47. The fraction of sp³-hybridized carbons (Fsp3) is 0.208. The second-order valence-electron chi connectivity index (χ2n) is 7.51. The molecule has 0 aliphatic carbocycles. The predicted octanol–water partition coefficient (Wildman–Crippen LogP) is 5.01. The van der Waals surface area contributed by atoms with Gasteiger partial charge in [-0.15, -0.1) is 0 Å². The number of aryl methyl sites for hydroxylation is 2. The molecule has 0 bridgehead atoms. The Morgan fingerprint density at radius 3 is 2.25 bits per heavy atom. The zero-order valence-electron chi connectivity index (χ0n) is 18.1. The van der Waals surface area contributed by atoms with Gasteiger partial charge in [-0.05, 0) is 86.0 Å². The summed E-state index contributed by atoms with van der Waals surface area (Å²) in [5.74, 6) is 0.102. The normalized spacial score (nSPS) is 12.1. The number of amides is 1. The van der Waals surface area contributed by atoms with Crippen LogP contribution in [0.15, 0.2) is 71.6 Å². The number of nitrogens with one attached hydrogen (secondary N) is 2. The molecule has 0 spiro atoms. The summed E-state index contributed by atoms with van der Waals surface area (Å²) in [5.41, 5.74) is 3.51. The van der Waals surface area contributed by atoms with E-state index in [1.807, 2.05) is 39.0 Å². The highest BCUT2D eigenvalue weighted by molar-refractivity contribution is 7.92. The summed E-state index contributed by atoms with van der Waals surface area (Å²) in [4.78, 5) is 12.3. The Labute approximate surface area is 193 Å². The molecule has 32 heavy (non-hydrogen) atoms. The SMILES string of the molecule is Cc1ccc(NS(=O)(=O)c2ccc(OCC(=O)N[C@@H](C)c3ccc(Cl)cc3)cc2)cc1C.